The highest BCUT2D eigenvalue weighted by atomic mass is 32.1. The van der Waals surface area contributed by atoms with Gasteiger partial charge in [-0.25, -0.2) is 4.98 Å². The van der Waals surface area contributed by atoms with Crippen LogP contribution in [-0.4, -0.2) is 59.3 Å². The average Bonchev–Trinajstić information content (AvgIpc) is 3.40. The molecule has 0 atom stereocenters. The summed E-state index contributed by atoms with van der Waals surface area (Å²) in [6, 6.07) is 14.5. The van der Waals surface area contributed by atoms with E-state index >= 15 is 0 Å². The zero-order chi connectivity index (χ0) is 23.2. The summed E-state index contributed by atoms with van der Waals surface area (Å²) < 4.78 is 0. The Labute approximate surface area is 202 Å². The van der Waals surface area contributed by atoms with Gasteiger partial charge in [0.15, 0.2) is 5.13 Å². The van der Waals surface area contributed by atoms with E-state index < -0.39 is 0 Å². The molecule has 1 aliphatic heterocycles. The normalized spacial score (nSPS) is 14.8. The molecule has 0 saturated carbocycles. The number of aromatic nitrogens is 1. The Morgan fingerprint density at radius 2 is 1.73 bits per heavy atom. The number of aryl methyl sites for hydroxylation is 1. The first-order chi connectivity index (χ1) is 16.0. The van der Waals surface area contributed by atoms with E-state index in [-0.39, 0.29) is 11.8 Å². The van der Waals surface area contributed by atoms with Crippen molar-refractivity contribution in [2.24, 2.45) is 0 Å². The van der Waals surface area contributed by atoms with Crippen LogP contribution in [0, 0.1) is 6.92 Å². The second-order valence-electron chi connectivity index (χ2n) is 8.19. The predicted molar refractivity (Wildman–Crippen MR) is 134 cm³/mol. The first-order valence-corrected chi connectivity index (χ1v) is 12.7. The Kier molecular flexibility index (Phi) is 7.87. The van der Waals surface area contributed by atoms with E-state index in [1.54, 1.807) is 11.3 Å². The number of hydrogen-bond donors (Lipinski definition) is 2. The van der Waals surface area contributed by atoms with Crippen LogP contribution in [0.25, 0.3) is 10.6 Å². The third-order valence-electron chi connectivity index (χ3n) is 5.53. The number of carbonyl (C=O) groups excluding carboxylic acids is 2. The van der Waals surface area contributed by atoms with Crippen LogP contribution in [0.2, 0.25) is 0 Å². The monoisotopic (exact) mass is 483 g/mol. The lowest BCUT2D eigenvalue weighted by Crippen LogP contribution is -2.48. The van der Waals surface area contributed by atoms with E-state index in [9.17, 15) is 9.59 Å². The molecule has 2 aromatic heterocycles. The molecule has 4 rings (SSSR count). The molecule has 9 heteroatoms. The van der Waals surface area contributed by atoms with Gasteiger partial charge in [-0.2, -0.15) is 0 Å². The molecule has 0 radical (unpaired) electrons. The van der Waals surface area contributed by atoms with Crippen molar-refractivity contribution in [1.29, 1.82) is 0 Å². The fourth-order valence-corrected chi connectivity index (χ4v) is 5.70. The number of benzene rings is 1. The Morgan fingerprint density at radius 1 is 1.00 bits per heavy atom. The van der Waals surface area contributed by atoms with Crippen molar-refractivity contribution in [1.82, 2.24) is 20.1 Å². The molecule has 0 bridgehead atoms. The molecule has 0 unspecified atom stereocenters. The molecule has 7 nitrogen and oxygen atoms in total. The second kappa shape index (κ2) is 11.0. The van der Waals surface area contributed by atoms with Gasteiger partial charge in [0.1, 0.15) is 0 Å². The van der Waals surface area contributed by atoms with E-state index in [4.69, 9.17) is 0 Å². The smallest absolute Gasteiger partial charge is 0.240 e. The van der Waals surface area contributed by atoms with Crippen molar-refractivity contribution in [3.05, 3.63) is 57.8 Å². The molecule has 33 heavy (non-hydrogen) atoms. The summed E-state index contributed by atoms with van der Waals surface area (Å²) in [5, 5.41) is 6.43. The van der Waals surface area contributed by atoms with Crippen molar-refractivity contribution in [2.75, 3.05) is 38.0 Å². The number of piperazine rings is 1. The Bertz CT molecular complexity index is 1090. The molecule has 0 aliphatic carbocycles. The van der Waals surface area contributed by atoms with Crippen LogP contribution in [0.3, 0.4) is 0 Å². The van der Waals surface area contributed by atoms with Gasteiger partial charge in [0, 0.05) is 49.4 Å². The fraction of sp³-hybridized carbons (Fsp3) is 0.375. The summed E-state index contributed by atoms with van der Waals surface area (Å²) in [5.74, 6) is -0.0678. The number of rotatable bonds is 8. The van der Waals surface area contributed by atoms with Gasteiger partial charge in [0.05, 0.1) is 23.7 Å². The largest absolute Gasteiger partial charge is 0.351 e. The number of carbonyl (C=O) groups is 2. The minimum Gasteiger partial charge on any atom is -0.351 e. The van der Waals surface area contributed by atoms with E-state index in [0.29, 0.717) is 18.2 Å². The molecule has 1 saturated heterocycles. The first-order valence-electron chi connectivity index (χ1n) is 11.1. The van der Waals surface area contributed by atoms with Crippen LogP contribution in [0.15, 0.2) is 42.5 Å². The standard InChI is InChI=1S/C24H29N5O2S2/c1-17-23(21-9-8-20(33-21)14-25-18(2)30)27-24(32-17)26-22(31)16-29-12-10-28(11-13-29)15-19-6-4-3-5-7-19/h3-9H,10-16H2,1-2H3,(H,25,30)(H,26,27,31). The molecule has 0 spiro atoms. The van der Waals surface area contributed by atoms with E-state index in [1.807, 2.05) is 25.1 Å². The van der Waals surface area contributed by atoms with E-state index in [1.165, 1.54) is 23.8 Å². The summed E-state index contributed by atoms with van der Waals surface area (Å²) >= 11 is 3.10. The van der Waals surface area contributed by atoms with Gasteiger partial charge in [-0.3, -0.25) is 19.4 Å². The van der Waals surface area contributed by atoms with Gasteiger partial charge in [-0.05, 0) is 24.6 Å². The molecular weight excluding hydrogens is 454 g/mol. The minimum atomic E-state index is -0.0441. The number of thiophene rings is 1. The van der Waals surface area contributed by atoms with Gasteiger partial charge < -0.3 is 10.6 Å². The number of nitrogens with one attached hydrogen (secondary N) is 2. The lowest BCUT2D eigenvalue weighted by atomic mass is 10.2. The highest BCUT2D eigenvalue weighted by Crippen LogP contribution is 2.34. The second-order valence-corrected chi connectivity index (χ2v) is 10.6. The summed E-state index contributed by atoms with van der Waals surface area (Å²) in [4.78, 5) is 36.2. The highest BCUT2D eigenvalue weighted by molar-refractivity contribution is 7.18. The van der Waals surface area contributed by atoms with Crippen LogP contribution in [0.1, 0.15) is 22.2 Å². The van der Waals surface area contributed by atoms with E-state index in [0.717, 1.165) is 53.0 Å². The molecular formula is C24H29N5O2S2. The van der Waals surface area contributed by atoms with Gasteiger partial charge in [-0.15, -0.1) is 22.7 Å². The third kappa shape index (κ3) is 6.70. The van der Waals surface area contributed by atoms with Crippen LogP contribution < -0.4 is 10.6 Å². The summed E-state index contributed by atoms with van der Waals surface area (Å²) in [6.45, 7) is 9.07. The quantitative estimate of drug-likeness (QED) is 0.512. The van der Waals surface area contributed by atoms with Gasteiger partial charge in [0.25, 0.3) is 0 Å². The van der Waals surface area contributed by atoms with Crippen molar-refractivity contribution in [3.63, 3.8) is 0 Å². The third-order valence-corrected chi connectivity index (χ3v) is 7.51. The minimum absolute atomic E-state index is 0.0238. The van der Waals surface area contributed by atoms with Gasteiger partial charge in [-0.1, -0.05) is 30.3 Å². The van der Waals surface area contributed by atoms with Gasteiger partial charge >= 0.3 is 0 Å². The van der Waals surface area contributed by atoms with Crippen LogP contribution in [0.4, 0.5) is 5.13 Å². The van der Waals surface area contributed by atoms with Crippen molar-refractivity contribution >= 4 is 39.6 Å². The first kappa shape index (κ1) is 23.6. The Hall–Kier alpha value is -2.59. The number of hydrogen-bond acceptors (Lipinski definition) is 7. The number of amides is 2. The van der Waals surface area contributed by atoms with Crippen molar-refractivity contribution < 1.29 is 9.59 Å². The van der Waals surface area contributed by atoms with Crippen LogP contribution >= 0.6 is 22.7 Å². The van der Waals surface area contributed by atoms with Crippen molar-refractivity contribution in [3.8, 4) is 10.6 Å². The lowest BCUT2D eigenvalue weighted by molar-refractivity contribution is -0.119. The zero-order valence-corrected chi connectivity index (χ0v) is 20.6. The topological polar surface area (TPSA) is 77.6 Å². The maximum absolute atomic E-state index is 12.6. The summed E-state index contributed by atoms with van der Waals surface area (Å²) in [6.07, 6.45) is 0. The van der Waals surface area contributed by atoms with Gasteiger partial charge in [0.2, 0.25) is 11.8 Å². The molecule has 2 N–H and O–H groups in total. The van der Waals surface area contributed by atoms with Crippen LogP contribution in [-0.2, 0) is 22.7 Å². The maximum Gasteiger partial charge on any atom is 0.240 e. The van der Waals surface area contributed by atoms with Crippen LogP contribution in [0.5, 0.6) is 0 Å². The molecule has 1 aliphatic rings. The summed E-state index contributed by atoms with van der Waals surface area (Å²) in [7, 11) is 0. The molecule has 174 valence electrons. The van der Waals surface area contributed by atoms with E-state index in [2.05, 4.69) is 49.7 Å². The molecule has 1 fully saturated rings. The Morgan fingerprint density at radius 3 is 2.45 bits per heavy atom. The maximum atomic E-state index is 12.6. The zero-order valence-electron chi connectivity index (χ0n) is 19.0. The summed E-state index contributed by atoms with van der Waals surface area (Å²) in [5.41, 5.74) is 2.22. The molecule has 2 amide bonds. The number of nitrogens with zero attached hydrogens (tertiary/aromatic N) is 3. The SMILES string of the molecule is CC(=O)NCc1ccc(-c2nc(NC(=O)CN3CCN(Cc4ccccc4)CC3)sc2C)s1. The lowest BCUT2D eigenvalue weighted by Gasteiger charge is -2.34. The molecule has 1 aromatic carbocycles. The Balaban J connectivity index is 1.26. The number of thiazole rings is 1. The predicted octanol–water partition coefficient (Wildman–Crippen LogP) is 3.57. The highest BCUT2D eigenvalue weighted by Gasteiger charge is 2.20. The number of anilines is 1. The van der Waals surface area contributed by atoms with Crippen molar-refractivity contribution in [2.45, 2.75) is 26.9 Å². The molecule has 3 aromatic rings. The molecule has 3 heterocycles. The average molecular weight is 484 g/mol. The fourth-order valence-electron chi connectivity index (χ4n) is 3.80.